The van der Waals surface area contributed by atoms with Crippen LogP contribution in [0.4, 0.5) is 5.69 Å². The van der Waals surface area contributed by atoms with Gasteiger partial charge in [-0.05, 0) is 43.5 Å². The van der Waals surface area contributed by atoms with Crippen LogP contribution in [0, 0.1) is 0 Å². The Bertz CT molecular complexity index is 939. The Kier molecular flexibility index (Phi) is 8.18. The molecule has 3 rings (SSSR count). The molecule has 0 radical (unpaired) electrons. The first-order chi connectivity index (χ1) is 14.4. The van der Waals surface area contributed by atoms with Crippen molar-refractivity contribution in [2.24, 2.45) is 0 Å². The van der Waals surface area contributed by atoms with Crippen LogP contribution < -0.4 is 10.1 Å². The van der Waals surface area contributed by atoms with E-state index in [-0.39, 0.29) is 22.7 Å². The number of benzene rings is 1. The van der Waals surface area contributed by atoms with Crippen molar-refractivity contribution in [1.29, 1.82) is 0 Å². The number of nitrogens with one attached hydrogen (secondary N) is 1. The van der Waals surface area contributed by atoms with E-state index in [1.165, 1.54) is 33.1 Å². The van der Waals surface area contributed by atoms with E-state index >= 15 is 0 Å². The van der Waals surface area contributed by atoms with Crippen molar-refractivity contribution < 1.29 is 22.7 Å². The number of nitrogens with zero attached hydrogens (tertiary/aromatic N) is 1. The van der Waals surface area contributed by atoms with Gasteiger partial charge in [-0.3, -0.25) is 4.79 Å². The van der Waals surface area contributed by atoms with Gasteiger partial charge in [0.05, 0.1) is 35.7 Å². The van der Waals surface area contributed by atoms with Gasteiger partial charge < -0.3 is 14.8 Å². The van der Waals surface area contributed by atoms with E-state index in [9.17, 15) is 13.2 Å². The van der Waals surface area contributed by atoms with E-state index in [2.05, 4.69) is 5.32 Å². The molecule has 0 bridgehead atoms. The fourth-order valence-corrected chi connectivity index (χ4v) is 5.99. The van der Waals surface area contributed by atoms with Crippen LogP contribution in [0.5, 0.6) is 5.75 Å². The molecule has 1 aliphatic rings. The Hall–Kier alpha value is -1.59. The van der Waals surface area contributed by atoms with Crippen LogP contribution >= 0.6 is 23.1 Å². The summed E-state index contributed by atoms with van der Waals surface area (Å²) in [5.74, 6) is 1.26. The fraction of sp³-hybridized carbons (Fsp3) is 0.450. The number of rotatable bonds is 9. The molecule has 0 saturated carbocycles. The van der Waals surface area contributed by atoms with Gasteiger partial charge in [0.25, 0.3) is 0 Å². The second-order valence-corrected chi connectivity index (χ2v) is 10.9. The molecule has 1 saturated heterocycles. The number of ether oxygens (including phenoxy) is 2. The Morgan fingerprint density at radius 2 is 2.07 bits per heavy atom. The molecule has 2 aromatic rings. The van der Waals surface area contributed by atoms with E-state index in [1.54, 1.807) is 17.4 Å². The summed E-state index contributed by atoms with van der Waals surface area (Å²) in [5.41, 5.74) is 0.361. The summed E-state index contributed by atoms with van der Waals surface area (Å²) in [6, 6.07) is 8.61. The molecular formula is C20H26N2O5S3. The van der Waals surface area contributed by atoms with Crippen LogP contribution in [0.2, 0.25) is 0 Å². The van der Waals surface area contributed by atoms with Gasteiger partial charge >= 0.3 is 0 Å². The smallest absolute Gasteiger partial charge is 0.243 e. The third-order valence-electron chi connectivity index (χ3n) is 4.25. The van der Waals surface area contributed by atoms with Crippen molar-refractivity contribution in [3.8, 4) is 5.75 Å². The first-order valence-electron chi connectivity index (χ1n) is 9.65. The molecule has 30 heavy (non-hydrogen) atoms. The predicted molar refractivity (Wildman–Crippen MR) is 121 cm³/mol. The molecule has 0 unspecified atom stereocenters. The van der Waals surface area contributed by atoms with Crippen LogP contribution in [0.1, 0.15) is 18.7 Å². The number of thioether (sulfide) groups is 1. The minimum absolute atomic E-state index is 0.115. The summed E-state index contributed by atoms with van der Waals surface area (Å²) >= 11 is 3.16. The fourth-order valence-electron chi connectivity index (χ4n) is 2.89. The van der Waals surface area contributed by atoms with Crippen LogP contribution in [-0.2, 0) is 25.3 Å². The van der Waals surface area contributed by atoms with Crippen LogP contribution in [-0.4, -0.2) is 56.8 Å². The Balaban J connectivity index is 1.74. The molecule has 1 aliphatic heterocycles. The molecule has 1 fully saturated rings. The predicted octanol–water partition coefficient (Wildman–Crippen LogP) is 3.43. The number of thiophene rings is 1. The number of hydrogen-bond donors (Lipinski definition) is 1. The van der Waals surface area contributed by atoms with E-state index in [1.807, 2.05) is 31.4 Å². The molecule has 0 spiro atoms. The lowest BCUT2D eigenvalue weighted by Gasteiger charge is -2.26. The van der Waals surface area contributed by atoms with Gasteiger partial charge in [-0.25, -0.2) is 8.42 Å². The van der Waals surface area contributed by atoms with Crippen molar-refractivity contribution in [1.82, 2.24) is 4.31 Å². The highest BCUT2D eigenvalue weighted by atomic mass is 32.2. The normalized spacial score (nSPS) is 15.3. The van der Waals surface area contributed by atoms with Crippen LogP contribution in [0.3, 0.4) is 0 Å². The monoisotopic (exact) mass is 470 g/mol. The first-order valence-corrected chi connectivity index (χ1v) is 13.1. The van der Waals surface area contributed by atoms with Gasteiger partial charge in [0.1, 0.15) is 5.75 Å². The molecule has 164 valence electrons. The van der Waals surface area contributed by atoms with Gasteiger partial charge in [0, 0.05) is 23.7 Å². The number of hydrogen-bond acceptors (Lipinski definition) is 7. The minimum atomic E-state index is -3.67. The quantitative estimate of drug-likeness (QED) is 0.604. The third-order valence-corrected chi connectivity index (χ3v) is 8.19. The molecule has 0 aliphatic carbocycles. The summed E-state index contributed by atoms with van der Waals surface area (Å²) in [5, 5.41) is 4.83. The molecule has 2 heterocycles. The SMILES string of the molecule is CC(C)Oc1ccc(S(=O)(=O)N2CCOCC2)cc1NC(=O)CSCc1cccs1. The maximum absolute atomic E-state index is 13.0. The Labute approximate surface area is 185 Å². The van der Waals surface area contributed by atoms with Crippen molar-refractivity contribution in [2.45, 2.75) is 30.6 Å². The maximum Gasteiger partial charge on any atom is 0.243 e. The molecule has 1 aromatic carbocycles. The molecular weight excluding hydrogens is 444 g/mol. The maximum atomic E-state index is 13.0. The summed E-state index contributed by atoms with van der Waals surface area (Å²) < 4.78 is 38.4. The molecule has 10 heteroatoms. The van der Waals surface area contributed by atoms with Gasteiger partial charge in [-0.15, -0.1) is 23.1 Å². The lowest BCUT2D eigenvalue weighted by Crippen LogP contribution is -2.40. The molecule has 7 nitrogen and oxygen atoms in total. The van der Waals surface area contributed by atoms with Gasteiger partial charge in [0.15, 0.2) is 0 Å². The lowest BCUT2D eigenvalue weighted by molar-refractivity contribution is -0.113. The van der Waals surface area contributed by atoms with Crippen molar-refractivity contribution in [3.05, 3.63) is 40.6 Å². The van der Waals surface area contributed by atoms with E-state index in [4.69, 9.17) is 9.47 Å². The van der Waals surface area contributed by atoms with Crippen molar-refractivity contribution >= 4 is 44.7 Å². The van der Waals surface area contributed by atoms with Gasteiger partial charge in [-0.1, -0.05) is 6.07 Å². The van der Waals surface area contributed by atoms with Gasteiger partial charge in [0.2, 0.25) is 15.9 Å². The highest BCUT2D eigenvalue weighted by molar-refractivity contribution is 7.99. The van der Waals surface area contributed by atoms with Crippen molar-refractivity contribution in [3.63, 3.8) is 0 Å². The summed E-state index contributed by atoms with van der Waals surface area (Å²) in [7, 11) is -3.67. The number of sulfonamides is 1. The molecule has 1 aromatic heterocycles. The zero-order valence-corrected chi connectivity index (χ0v) is 19.4. The number of amides is 1. The number of anilines is 1. The average Bonchev–Trinajstić information content (AvgIpc) is 3.23. The first kappa shape index (κ1) is 23.1. The zero-order chi connectivity index (χ0) is 21.6. The Morgan fingerprint density at radius 3 is 2.73 bits per heavy atom. The highest BCUT2D eigenvalue weighted by Gasteiger charge is 2.27. The number of carbonyl (C=O) groups is 1. The van der Waals surface area contributed by atoms with E-state index < -0.39 is 10.0 Å². The third kappa shape index (κ3) is 6.21. The van der Waals surface area contributed by atoms with E-state index in [0.29, 0.717) is 37.7 Å². The topological polar surface area (TPSA) is 84.9 Å². The summed E-state index contributed by atoms with van der Waals surface area (Å²) in [6.07, 6.45) is -0.115. The number of carbonyl (C=O) groups excluding carboxylic acids is 1. The molecule has 1 amide bonds. The van der Waals surface area contributed by atoms with Crippen LogP contribution in [0.15, 0.2) is 40.6 Å². The summed E-state index contributed by atoms with van der Waals surface area (Å²) in [6.45, 7) is 5.13. The largest absolute Gasteiger partial charge is 0.489 e. The number of morpholine rings is 1. The minimum Gasteiger partial charge on any atom is -0.489 e. The van der Waals surface area contributed by atoms with Crippen LogP contribution in [0.25, 0.3) is 0 Å². The standard InChI is InChI=1S/C20H26N2O5S3/c1-15(2)27-19-6-5-17(30(24,25)22-7-9-26-10-8-22)12-18(19)21-20(23)14-28-13-16-4-3-11-29-16/h3-6,11-12,15H,7-10,13-14H2,1-2H3,(H,21,23). The average molecular weight is 471 g/mol. The second-order valence-electron chi connectivity index (χ2n) is 6.96. The van der Waals surface area contributed by atoms with Crippen molar-refractivity contribution in [2.75, 3.05) is 37.4 Å². The Morgan fingerprint density at radius 1 is 1.30 bits per heavy atom. The van der Waals surface area contributed by atoms with E-state index in [0.717, 1.165) is 5.75 Å². The summed E-state index contributed by atoms with van der Waals surface area (Å²) in [4.78, 5) is 13.8. The van der Waals surface area contributed by atoms with Gasteiger partial charge in [-0.2, -0.15) is 4.31 Å². The molecule has 1 N–H and O–H groups in total. The molecule has 0 atom stereocenters. The lowest BCUT2D eigenvalue weighted by atomic mass is 10.3. The zero-order valence-electron chi connectivity index (χ0n) is 17.0. The second kappa shape index (κ2) is 10.6. The highest BCUT2D eigenvalue weighted by Crippen LogP contribution is 2.30.